The highest BCUT2D eigenvalue weighted by Crippen LogP contribution is 2.30. The molecular formula is C14H22N4S. The third-order valence-corrected chi connectivity index (χ3v) is 4.42. The molecule has 19 heavy (non-hydrogen) atoms. The Morgan fingerprint density at radius 2 is 2.16 bits per heavy atom. The Bertz CT molecular complexity index is 547. The number of nitrogens with one attached hydrogen (secondary N) is 1. The number of aromatic nitrogens is 2. The molecule has 0 saturated carbocycles. The molecule has 0 unspecified atom stereocenters. The molecule has 2 heterocycles. The van der Waals surface area contributed by atoms with Gasteiger partial charge in [-0.3, -0.25) is 0 Å². The maximum atomic E-state index is 5.58. The molecule has 0 aromatic carbocycles. The Kier molecular flexibility index (Phi) is 4.37. The minimum atomic E-state index is 0.225. The number of nitrogens with two attached hydrogens (primary N) is 1. The summed E-state index contributed by atoms with van der Waals surface area (Å²) >= 11 is 1.70. The largest absolute Gasteiger partial charge is 0.368 e. The van der Waals surface area contributed by atoms with Crippen LogP contribution in [0.25, 0.3) is 10.2 Å². The molecule has 0 aliphatic carbocycles. The van der Waals surface area contributed by atoms with Crippen LogP contribution in [0.4, 0.5) is 5.82 Å². The Morgan fingerprint density at radius 3 is 2.89 bits per heavy atom. The summed E-state index contributed by atoms with van der Waals surface area (Å²) < 4.78 is 1.15. The summed E-state index contributed by atoms with van der Waals surface area (Å²) in [5.41, 5.74) is 8.08. The van der Waals surface area contributed by atoms with Gasteiger partial charge in [-0.25, -0.2) is 9.97 Å². The van der Waals surface area contributed by atoms with Gasteiger partial charge in [-0.05, 0) is 42.7 Å². The van der Waals surface area contributed by atoms with Crippen LogP contribution in [0.5, 0.6) is 0 Å². The zero-order valence-electron chi connectivity index (χ0n) is 11.9. The lowest BCUT2D eigenvalue weighted by atomic mass is 9.88. The number of anilines is 1. The smallest absolute Gasteiger partial charge is 0.147 e. The molecule has 5 heteroatoms. The standard InChI is InChI=1S/C14H22N4S/c1-10-7-19-12-11(10)17-9-18-13(12)16-8-14(2,3)5-4-6-15/h7,9H,4-6,8,15H2,1-3H3,(H,16,17,18). The monoisotopic (exact) mass is 278 g/mol. The fourth-order valence-corrected chi connectivity index (χ4v) is 3.06. The molecule has 2 rings (SSSR count). The Balaban J connectivity index is 2.09. The van der Waals surface area contributed by atoms with Crippen molar-refractivity contribution in [1.29, 1.82) is 0 Å². The van der Waals surface area contributed by atoms with Gasteiger partial charge in [0.1, 0.15) is 12.1 Å². The van der Waals surface area contributed by atoms with Crippen molar-refractivity contribution in [2.24, 2.45) is 11.1 Å². The average molecular weight is 278 g/mol. The van der Waals surface area contributed by atoms with Crippen molar-refractivity contribution in [2.45, 2.75) is 33.6 Å². The van der Waals surface area contributed by atoms with E-state index in [1.54, 1.807) is 17.7 Å². The van der Waals surface area contributed by atoms with E-state index in [9.17, 15) is 0 Å². The summed E-state index contributed by atoms with van der Waals surface area (Å²) in [6.07, 6.45) is 3.82. The highest BCUT2D eigenvalue weighted by atomic mass is 32.1. The van der Waals surface area contributed by atoms with Gasteiger partial charge in [0.05, 0.1) is 10.2 Å². The van der Waals surface area contributed by atoms with Crippen LogP contribution in [0.2, 0.25) is 0 Å². The van der Waals surface area contributed by atoms with Crippen molar-refractivity contribution in [2.75, 3.05) is 18.4 Å². The van der Waals surface area contributed by atoms with Crippen molar-refractivity contribution >= 4 is 27.4 Å². The van der Waals surface area contributed by atoms with Crippen LogP contribution < -0.4 is 11.1 Å². The number of rotatable bonds is 6. The molecule has 0 fully saturated rings. The van der Waals surface area contributed by atoms with E-state index in [0.29, 0.717) is 0 Å². The SMILES string of the molecule is Cc1csc2c(NCC(C)(C)CCCN)ncnc12. The first kappa shape index (κ1) is 14.2. The van der Waals surface area contributed by atoms with Gasteiger partial charge in [-0.1, -0.05) is 13.8 Å². The van der Waals surface area contributed by atoms with Crippen molar-refractivity contribution in [1.82, 2.24) is 9.97 Å². The van der Waals surface area contributed by atoms with E-state index in [1.807, 2.05) is 0 Å². The van der Waals surface area contributed by atoms with E-state index < -0.39 is 0 Å². The molecule has 0 radical (unpaired) electrons. The quantitative estimate of drug-likeness (QED) is 0.852. The first-order valence-corrected chi connectivity index (χ1v) is 7.54. The summed E-state index contributed by atoms with van der Waals surface area (Å²) in [7, 11) is 0. The molecule has 2 aromatic rings. The van der Waals surface area contributed by atoms with Gasteiger partial charge in [0.2, 0.25) is 0 Å². The van der Waals surface area contributed by atoms with Gasteiger partial charge in [0.15, 0.2) is 0 Å². The number of nitrogens with zero attached hydrogens (tertiary/aromatic N) is 2. The Morgan fingerprint density at radius 1 is 1.37 bits per heavy atom. The van der Waals surface area contributed by atoms with Crippen LogP contribution in [0.3, 0.4) is 0 Å². The first-order valence-electron chi connectivity index (χ1n) is 6.66. The van der Waals surface area contributed by atoms with E-state index in [4.69, 9.17) is 5.73 Å². The van der Waals surface area contributed by atoms with Crippen molar-refractivity contribution < 1.29 is 0 Å². The summed E-state index contributed by atoms with van der Waals surface area (Å²) in [4.78, 5) is 8.71. The Labute approximate surface area is 118 Å². The molecular weight excluding hydrogens is 256 g/mol. The van der Waals surface area contributed by atoms with Gasteiger partial charge < -0.3 is 11.1 Å². The van der Waals surface area contributed by atoms with E-state index in [0.717, 1.165) is 42.0 Å². The van der Waals surface area contributed by atoms with Gasteiger partial charge in [0, 0.05) is 6.54 Å². The molecule has 2 aromatic heterocycles. The average Bonchev–Trinajstić information content (AvgIpc) is 2.77. The zero-order chi connectivity index (χ0) is 13.9. The summed E-state index contributed by atoms with van der Waals surface area (Å²) in [5, 5.41) is 5.60. The van der Waals surface area contributed by atoms with Gasteiger partial charge in [0.25, 0.3) is 0 Å². The van der Waals surface area contributed by atoms with Crippen LogP contribution in [0.1, 0.15) is 32.3 Å². The first-order chi connectivity index (χ1) is 9.03. The van der Waals surface area contributed by atoms with Crippen LogP contribution in [0.15, 0.2) is 11.7 Å². The van der Waals surface area contributed by atoms with Crippen molar-refractivity contribution in [3.8, 4) is 0 Å². The maximum Gasteiger partial charge on any atom is 0.147 e. The van der Waals surface area contributed by atoms with Crippen LogP contribution >= 0.6 is 11.3 Å². The second-order valence-electron chi connectivity index (χ2n) is 5.73. The van der Waals surface area contributed by atoms with Crippen LogP contribution in [0, 0.1) is 12.3 Å². The summed E-state index contributed by atoms with van der Waals surface area (Å²) in [6.45, 7) is 8.25. The highest BCUT2D eigenvalue weighted by Gasteiger charge is 2.18. The van der Waals surface area contributed by atoms with Gasteiger partial charge in [-0.15, -0.1) is 11.3 Å². The molecule has 0 bridgehead atoms. The fourth-order valence-electron chi connectivity index (χ4n) is 2.09. The lowest BCUT2D eigenvalue weighted by molar-refractivity contribution is 0.350. The molecule has 0 saturated heterocycles. The minimum Gasteiger partial charge on any atom is -0.368 e. The highest BCUT2D eigenvalue weighted by molar-refractivity contribution is 7.18. The predicted octanol–water partition coefficient (Wildman–Crippen LogP) is 3.18. The summed E-state index contributed by atoms with van der Waals surface area (Å²) in [5.74, 6) is 0.948. The number of aryl methyl sites for hydroxylation is 1. The maximum absolute atomic E-state index is 5.58. The number of hydrogen-bond donors (Lipinski definition) is 2. The van der Waals surface area contributed by atoms with Gasteiger partial charge >= 0.3 is 0 Å². The second kappa shape index (κ2) is 5.84. The van der Waals surface area contributed by atoms with Crippen molar-refractivity contribution in [3.63, 3.8) is 0 Å². The van der Waals surface area contributed by atoms with E-state index in [2.05, 4.69) is 41.4 Å². The zero-order valence-corrected chi connectivity index (χ0v) is 12.7. The van der Waals surface area contributed by atoms with Crippen molar-refractivity contribution in [3.05, 3.63) is 17.3 Å². The van der Waals surface area contributed by atoms with E-state index in [1.165, 1.54) is 5.56 Å². The molecule has 0 aliphatic heterocycles. The number of hydrogen-bond acceptors (Lipinski definition) is 5. The molecule has 104 valence electrons. The van der Waals surface area contributed by atoms with Crippen LogP contribution in [-0.4, -0.2) is 23.1 Å². The Hall–Kier alpha value is -1.20. The summed E-state index contributed by atoms with van der Waals surface area (Å²) in [6, 6.07) is 0. The molecule has 0 amide bonds. The van der Waals surface area contributed by atoms with Gasteiger partial charge in [-0.2, -0.15) is 0 Å². The second-order valence-corrected chi connectivity index (χ2v) is 6.61. The third-order valence-electron chi connectivity index (χ3n) is 3.32. The predicted molar refractivity (Wildman–Crippen MR) is 82.7 cm³/mol. The molecule has 3 N–H and O–H groups in total. The molecule has 4 nitrogen and oxygen atoms in total. The molecule has 0 aliphatic rings. The van der Waals surface area contributed by atoms with E-state index >= 15 is 0 Å². The van der Waals surface area contributed by atoms with E-state index in [-0.39, 0.29) is 5.41 Å². The lowest BCUT2D eigenvalue weighted by Gasteiger charge is -2.25. The lowest BCUT2D eigenvalue weighted by Crippen LogP contribution is -2.24. The number of thiophene rings is 1. The third kappa shape index (κ3) is 3.42. The molecule has 0 spiro atoms. The molecule has 0 atom stereocenters. The van der Waals surface area contributed by atoms with Crippen LogP contribution in [-0.2, 0) is 0 Å². The normalized spacial score (nSPS) is 12.0. The minimum absolute atomic E-state index is 0.225. The topological polar surface area (TPSA) is 63.8 Å². The number of fused-ring (bicyclic) bond motifs is 1. The fraction of sp³-hybridized carbons (Fsp3) is 0.571.